The van der Waals surface area contributed by atoms with Crippen molar-refractivity contribution >= 4 is 8.32 Å². The van der Waals surface area contributed by atoms with Crippen molar-refractivity contribution in [3.63, 3.8) is 0 Å². The van der Waals surface area contributed by atoms with Gasteiger partial charge in [-0.25, -0.2) is 0 Å². The van der Waals surface area contributed by atoms with E-state index in [0.29, 0.717) is 12.0 Å². The maximum Gasteiger partial charge on any atom is 0.187 e. The molecule has 0 spiro atoms. The van der Waals surface area contributed by atoms with E-state index in [1.54, 1.807) is 0 Å². The second-order valence-corrected chi connectivity index (χ2v) is 11.6. The Bertz CT molecular complexity index is 492. The van der Waals surface area contributed by atoms with Crippen LogP contribution in [-0.4, -0.2) is 26.6 Å². The molecule has 3 rings (SSSR count). The highest BCUT2D eigenvalue weighted by Gasteiger charge is 2.43. The summed E-state index contributed by atoms with van der Waals surface area (Å²) in [6, 6.07) is 10.1. The first-order valence-corrected chi connectivity index (χ1v) is 10.9. The van der Waals surface area contributed by atoms with Crippen LogP contribution < -0.4 is 0 Å². The molecule has 20 heavy (non-hydrogen) atoms. The van der Waals surface area contributed by atoms with Gasteiger partial charge < -0.3 is 9.16 Å². The molecule has 0 amide bonds. The molecule has 1 aromatic carbocycles. The minimum absolute atomic E-state index is 0.0471. The molecule has 2 nitrogen and oxygen atoms in total. The number of epoxide rings is 1. The van der Waals surface area contributed by atoms with Crippen LogP contribution in [0, 0.1) is 0 Å². The quantitative estimate of drug-likeness (QED) is 0.617. The monoisotopic (exact) mass is 290 g/mol. The zero-order valence-corrected chi connectivity index (χ0v) is 14.1. The first-order valence-electron chi connectivity index (χ1n) is 7.77. The molecule has 0 aliphatic carbocycles. The van der Waals surface area contributed by atoms with E-state index in [4.69, 9.17) is 9.16 Å². The van der Waals surface area contributed by atoms with Gasteiger partial charge in [-0.05, 0) is 50.5 Å². The standard InChI is InChI=1S/C17H26O2Si/c1-17(2)16(9-10-20(3,4)19-17)15-8-6-5-7-13(15)11-14-12-18-14/h5-8,14,16H,9-12H2,1-4H3. The van der Waals surface area contributed by atoms with Crippen LogP contribution >= 0.6 is 0 Å². The van der Waals surface area contributed by atoms with Crippen molar-refractivity contribution < 1.29 is 9.16 Å². The van der Waals surface area contributed by atoms with Gasteiger partial charge in [-0.3, -0.25) is 0 Å². The molecule has 2 aliphatic rings. The van der Waals surface area contributed by atoms with Crippen LogP contribution in [0.3, 0.4) is 0 Å². The molecule has 0 radical (unpaired) electrons. The largest absolute Gasteiger partial charge is 0.412 e. The topological polar surface area (TPSA) is 21.8 Å². The maximum absolute atomic E-state index is 6.51. The van der Waals surface area contributed by atoms with Crippen LogP contribution in [0.15, 0.2) is 24.3 Å². The lowest BCUT2D eigenvalue weighted by molar-refractivity contribution is 0.0486. The third-order valence-electron chi connectivity index (χ3n) is 4.69. The van der Waals surface area contributed by atoms with Crippen LogP contribution in [0.4, 0.5) is 0 Å². The molecule has 0 aromatic heterocycles. The third-order valence-corrected chi connectivity index (χ3v) is 7.27. The number of hydrogen-bond acceptors (Lipinski definition) is 2. The fraction of sp³-hybridized carbons (Fsp3) is 0.647. The summed E-state index contributed by atoms with van der Waals surface area (Å²) in [4.78, 5) is 0. The molecule has 2 saturated heterocycles. The second-order valence-electron chi connectivity index (χ2n) is 7.41. The fourth-order valence-electron chi connectivity index (χ4n) is 3.70. The molecule has 0 saturated carbocycles. The Kier molecular flexibility index (Phi) is 3.55. The molecular formula is C17H26O2Si. The van der Waals surface area contributed by atoms with Crippen molar-refractivity contribution in [1.82, 2.24) is 0 Å². The van der Waals surface area contributed by atoms with Crippen LogP contribution in [0.25, 0.3) is 0 Å². The van der Waals surface area contributed by atoms with Gasteiger partial charge in [-0.1, -0.05) is 24.3 Å². The van der Waals surface area contributed by atoms with Crippen molar-refractivity contribution in [2.45, 2.75) is 63.5 Å². The van der Waals surface area contributed by atoms with Crippen LogP contribution in [0.2, 0.25) is 19.1 Å². The van der Waals surface area contributed by atoms with E-state index < -0.39 is 8.32 Å². The summed E-state index contributed by atoms with van der Waals surface area (Å²) in [5, 5.41) is 0. The summed E-state index contributed by atoms with van der Waals surface area (Å²) in [5.41, 5.74) is 2.89. The SMILES string of the molecule is CC1(C)O[Si](C)(C)CCC1c1ccccc1CC1CO1. The highest BCUT2D eigenvalue weighted by molar-refractivity contribution is 6.71. The van der Waals surface area contributed by atoms with Gasteiger partial charge in [0.25, 0.3) is 0 Å². The van der Waals surface area contributed by atoms with Gasteiger partial charge in [0, 0.05) is 12.3 Å². The third kappa shape index (κ3) is 3.00. The number of benzene rings is 1. The summed E-state index contributed by atoms with van der Waals surface area (Å²) in [6.45, 7) is 10.2. The van der Waals surface area contributed by atoms with Crippen molar-refractivity contribution in [3.8, 4) is 0 Å². The summed E-state index contributed by atoms with van der Waals surface area (Å²) >= 11 is 0. The van der Waals surface area contributed by atoms with Gasteiger partial charge >= 0.3 is 0 Å². The zero-order chi connectivity index (χ0) is 14.4. The Morgan fingerprint density at radius 2 is 1.95 bits per heavy atom. The van der Waals surface area contributed by atoms with Gasteiger partial charge in [0.15, 0.2) is 8.32 Å². The number of ether oxygens (including phenoxy) is 1. The normalized spacial score (nSPS) is 31.0. The average molecular weight is 290 g/mol. The zero-order valence-electron chi connectivity index (χ0n) is 13.1. The number of rotatable bonds is 3. The summed E-state index contributed by atoms with van der Waals surface area (Å²) in [5.74, 6) is 0.512. The van der Waals surface area contributed by atoms with E-state index in [-0.39, 0.29) is 5.60 Å². The minimum Gasteiger partial charge on any atom is -0.412 e. The molecule has 0 N–H and O–H groups in total. The van der Waals surface area contributed by atoms with Crippen molar-refractivity contribution in [2.24, 2.45) is 0 Å². The lowest BCUT2D eigenvalue weighted by atomic mass is 9.80. The molecule has 2 heterocycles. The lowest BCUT2D eigenvalue weighted by Crippen LogP contribution is -2.49. The Morgan fingerprint density at radius 3 is 2.60 bits per heavy atom. The molecule has 3 heteroatoms. The molecule has 1 aromatic rings. The summed E-state index contributed by atoms with van der Waals surface area (Å²) in [7, 11) is -1.46. The maximum atomic E-state index is 6.51. The minimum atomic E-state index is -1.46. The van der Waals surface area contributed by atoms with E-state index in [0.717, 1.165) is 13.0 Å². The summed E-state index contributed by atoms with van der Waals surface area (Å²) in [6.07, 6.45) is 2.77. The van der Waals surface area contributed by atoms with Crippen LogP contribution in [0.1, 0.15) is 37.3 Å². The Hall–Kier alpha value is -0.643. The smallest absolute Gasteiger partial charge is 0.187 e. The first-order chi connectivity index (χ1) is 9.37. The predicted octanol–water partition coefficient (Wildman–Crippen LogP) is 4.12. The molecule has 110 valence electrons. The van der Waals surface area contributed by atoms with Gasteiger partial charge in [-0.15, -0.1) is 0 Å². The van der Waals surface area contributed by atoms with Crippen molar-refractivity contribution in [2.75, 3.05) is 6.61 Å². The molecule has 2 aliphatic heterocycles. The van der Waals surface area contributed by atoms with E-state index in [1.165, 1.54) is 23.6 Å². The molecule has 0 bridgehead atoms. The van der Waals surface area contributed by atoms with E-state index >= 15 is 0 Å². The number of hydrogen-bond donors (Lipinski definition) is 0. The second kappa shape index (κ2) is 4.97. The first kappa shape index (κ1) is 14.3. The Labute approximate surface area is 123 Å². The molecule has 2 fully saturated rings. The predicted molar refractivity (Wildman–Crippen MR) is 84.7 cm³/mol. The van der Waals surface area contributed by atoms with Crippen LogP contribution in [-0.2, 0) is 15.6 Å². The fourth-order valence-corrected chi connectivity index (χ4v) is 6.35. The lowest BCUT2D eigenvalue weighted by Gasteiger charge is -2.47. The van der Waals surface area contributed by atoms with Gasteiger partial charge in [-0.2, -0.15) is 0 Å². The molecular weight excluding hydrogens is 264 g/mol. The average Bonchev–Trinajstić information content (AvgIpc) is 3.12. The molecule has 2 atom stereocenters. The molecule has 2 unspecified atom stereocenters. The highest BCUT2D eigenvalue weighted by Crippen LogP contribution is 2.44. The summed E-state index contributed by atoms with van der Waals surface area (Å²) < 4.78 is 11.9. The van der Waals surface area contributed by atoms with E-state index in [1.807, 2.05) is 0 Å². The van der Waals surface area contributed by atoms with Gasteiger partial charge in [0.1, 0.15) is 0 Å². The van der Waals surface area contributed by atoms with E-state index in [9.17, 15) is 0 Å². The van der Waals surface area contributed by atoms with Crippen molar-refractivity contribution in [3.05, 3.63) is 35.4 Å². The van der Waals surface area contributed by atoms with Gasteiger partial charge in [0.05, 0.1) is 18.3 Å². The Morgan fingerprint density at radius 1 is 1.25 bits per heavy atom. The van der Waals surface area contributed by atoms with E-state index in [2.05, 4.69) is 51.2 Å². The van der Waals surface area contributed by atoms with Crippen LogP contribution in [0.5, 0.6) is 0 Å². The Balaban J connectivity index is 1.88. The highest BCUT2D eigenvalue weighted by atomic mass is 28.4. The van der Waals surface area contributed by atoms with Crippen molar-refractivity contribution in [1.29, 1.82) is 0 Å². The van der Waals surface area contributed by atoms with Gasteiger partial charge in [0.2, 0.25) is 0 Å².